The lowest BCUT2D eigenvalue weighted by molar-refractivity contribution is 0.460. The molecule has 0 radical (unpaired) electrons. The number of benzene rings is 1. The third-order valence-corrected chi connectivity index (χ3v) is 5.59. The zero-order chi connectivity index (χ0) is 14.6. The van der Waals surface area contributed by atoms with Crippen molar-refractivity contribution in [3.63, 3.8) is 0 Å². The van der Waals surface area contributed by atoms with Crippen molar-refractivity contribution in [3.05, 3.63) is 33.8 Å². The van der Waals surface area contributed by atoms with Crippen molar-refractivity contribution in [2.45, 2.75) is 13.5 Å². The zero-order valence-corrected chi connectivity index (χ0v) is 13.8. The summed E-state index contributed by atoms with van der Waals surface area (Å²) in [5.74, 6) is 0.259. The van der Waals surface area contributed by atoms with E-state index in [2.05, 4.69) is 0 Å². The molecule has 0 spiro atoms. The van der Waals surface area contributed by atoms with Crippen LogP contribution in [0.2, 0.25) is 10.0 Å². The summed E-state index contributed by atoms with van der Waals surface area (Å²) in [7, 11) is -1.80. The van der Waals surface area contributed by atoms with Gasteiger partial charge in [-0.15, -0.1) is 11.6 Å². The second-order valence-corrected chi connectivity index (χ2v) is 7.87. The average molecular weight is 345 g/mol. The molecule has 0 fully saturated rings. The summed E-state index contributed by atoms with van der Waals surface area (Å²) in [5, 5.41) is 0.977. The van der Waals surface area contributed by atoms with E-state index in [1.807, 2.05) is 0 Å². The first-order valence-corrected chi connectivity index (χ1v) is 8.59. The Hall–Kier alpha value is -0.000000000000000194. The summed E-state index contributed by atoms with van der Waals surface area (Å²) in [6, 6.07) is 5.01. The molecule has 1 atom stereocenters. The maximum absolute atomic E-state index is 12.1. The van der Waals surface area contributed by atoms with E-state index in [1.54, 1.807) is 25.1 Å². The predicted molar refractivity (Wildman–Crippen MR) is 81.6 cm³/mol. The van der Waals surface area contributed by atoms with Crippen molar-refractivity contribution >= 4 is 44.8 Å². The topological polar surface area (TPSA) is 37.4 Å². The Morgan fingerprint density at radius 3 is 2.21 bits per heavy atom. The Balaban J connectivity index is 2.81. The number of rotatable bonds is 6. The molecule has 108 valence electrons. The highest BCUT2D eigenvalue weighted by Crippen LogP contribution is 2.21. The molecule has 1 unspecified atom stereocenters. The molecular formula is C12H16Cl3NO2S. The van der Waals surface area contributed by atoms with Crippen LogP contribution in [0.3, 0.4) is 0 Å². The van der Waals surface area contributed by atoms with E-state index in [-0.39, 0.29) is 18.2 Å². The van der Waals surface area contributed by atoms with Crippen molar-refractivity contribution in [1.82, 2.24) is 4.31 Å². The largest absolute Gasteiger partial charge is 0.214 e. The van der Waals surface area contributed by atoms with Crippen molar-refractivity contribution in [2.24, 2.45) is 5.92 Å². The van der Waals surface area contributed by atoms with Gasteiger partial charge in [-0.3, -0.25) is 0 Å². The molecule has 0 bridgehead atoms. The molecule has 3 nitrogen and oxygen atoms in total. The lowest BCUT2D eigenvalue weighted by Crippen LogP contribution is -2.31. The minimum Gasteiger partial charge on any atom is -0.212 e. The van der Waals surface area contributed by atoms with Crippen molar-refractivity contribution in [3.8, 4) is 0 Å². The number of hydrogen-bond donors (Lipinski definition) is 0. The normalized spacial score (nSPS) is 13.8. The molecule has 0 heterocycles. The minimum absolute atomic E-state index is 0.0291. The molecule has 0 saturated heterocycles. The SMILES string of the molecule is CC(CCl)CS(=O)(=O)N(C)Cc1cc(Cl)cc(Cl)c1. The van der Waals surface area contributed by atoms with E-state index >= 15 is 0 Å². The Bertz CT molecular complexity index is 514. The van der Waals surface area contributed by atoms with Crippen LogP contribution in [0.15, 0.2) is 18.2 Å². The van der Waals surface area contributed by atoms with Crippen LogP contribution >= 0.6 is 34.8 Å². The Kier molecular flexibility index (Phi) is 6.40. The van der Waals surface area contributed by atoms with E-state index in [4.69, 9.17) is 34.8 Å². The molecule has 7 heteroatoms. The fourth-order valence-corrected chi connectivity index (χ4v) is 3.84. The summed E-state index contributed by atoms with van der Waals surface area (Å²) in [6.07, 6.45) is 0. The zero-order valence-electron chi connectivity index (χ0n) is 10.7. The fraction of sp³-hybridized carbons (Fsp3) is 0.500. The first-order valence-electron chi connectivity index (χ1n) is 5.69. The van der Waals surface area contributed by atoms with Gasteiger partial charge >= 0.3 is 0 Å². The fourth-order valence-electron chi connectivity index (χ4n) is 1.59. The Labute approximate surface area is 129 Å². The molecule has 0 aliphatic rings. The quantitative estimate of drug-likeness (QED) is 0.739. The lowest BCUT2D eigenvalue weighted by atomic mass is 10.2. The molecule has 1 rings (SSSR count). The highest BCUT2D eigenvalue weighted by molar-refractivity contribution is 7.89. The van der Waals surface area contributed by atoms with E-state index in [1.165, 1.54) is 11.4 Å². The van der Waals surface area contributed by atoms with E-state index < -0.39 is 10.0 Å². The highest BCUT2D eigenvalue weighted by atomic mass is 35.5. The van der Waals surface area contributed by atoms with E-state index in [0.29, 0.717) is 15.9 Å². The molecule has 1 aromatic carbocycles. The Morgan fingerprint density at radius 1 is 1.21 bits per heavy atom. The van der Waals surface area contributed by atoms with Crippen LogP contribution < -0.4 is 0 Å². The summed E-state index contributed by atoms with van der Waals surface area (Å²) in [5.41, 5.74) is 0.752. The maximum Gasteiger partial charge on any atom is 0.214 e. The number of sulfonamides is 1. The van der Waals surface area contributed by atoms with Gasteiger partial charge in [-0.05, 0) is 29.7 Å². The van der Waals surface area contributed by atoms with Crippen molar-refractivity contribution in [2.75, 3.05) is 18.7 Å². The van der Waals surface area contributed by atoms with E-state index in [0.717, 1.165) is 5.56 Å². The average Bonchev–Trinajstić information content (AvgIpc) is 2.26. The standard InChI is InChI=1S/C12H16Cl3NO2S/c1-9(6-13)8-19(17,18)16(2)7-10-3-11(14)5-12(15)4-10/h3-5,9H,6-8H2,1-2H3. The van der Waals surface area contributed by atoms with Crippen molar-refractivity contribution < 1.29 is 8.42 Å². The molecule has 0 aliphatic carbocycles. The summed E-state index contributed by atoms with van der Waals surface area (Å²) in [6.45, 7) is 2.03. The second-order valence-electron chi connectivity index (χ2n) is 4.57. The number of hydrogen-bond acceptors (Lipinski definition) is 2. The van der Waals surface area contributed by atoms with Crippen LogP contribution in [0.5, 0.6) is 0 Å². The lowest BCUT2D eigenvalue weighted by Gasteiger charge is -2.19. The first-order chi connectivity index (χ1) is 8.74. The molecule has 19 heavy (non-hydrogen) atoms. The van der Waals surface area contributed by atoms with Crippen molar-refractivity contribution in [1.29, 1.82) is 0 Å². The van der Waals surface area contributed by atoms with Gasteiger partial charge in [0.1, 0.15) is 0 Å². The molecule has 1 aromatic rings. The van der Waals surface area contributed by atoms with Crippen LogP contribution in [0.25, 0.3) is 0 Å². The van der Waals surface area contributed by atoms with Gasteiger partial charge in [0.25, 0.3) is 0 Å². The summed E-state index contributed by atoms with van der Waals surface area (Å²) < 4.78 is 25.4. The first kappa shape index (κ1) is 17.1. The van der Waals surface area contributed by atoms with Gasteiger partial charge in [0, 0.05) is 29.5 Å². The van der Waals surface area contributed by atoms with Gasteiger partial charge in [0.15, 0.2) is 0 Å². The highest BCUT2D eigenvalue weighted by Gasteiger charge is 2.21. The van der Waals surface area contributed by atoms with Gasteiger partial charge < -0.3 is 0 Å². The van der Waals surface area contributed by atoms with Crippen LogP contribution in [0.1, 0.15) is 12.5 Å². The summed E-state index contributed by atoms with van der Waals surface area (Å²) >= 11 is 17.4. The van der Waals surface area contributed by atoms with Crippen LogP contribution in [-0.2, 0) is 16.6 Å². The number of alkyl halides is 1. The molecule has 0 aromatic heterocycles. The smallest absolute Gasteiger partial charge is 0.212 e. The second kappa shape index (κ2) is 7.14. The van der Waals surface area contributed by atoms with Crippen LogP contribution in [0, 0.1) is 5.92 Å². The molecular weight excluding hydrogens is 329 g/mol. The number of nitrogens with zero attached hydrogens (tertiary/aromatic N) is 1. The summed E-state index contributed by atoms with van der Waals surface area (Å²) in [4.78, 5) is 0. The molecule has 0 saturated carbocycles. The molecule has 0 aliphatic heterocycles. The Morgan fingerprint density at radius 2 is 1.74 bits per heavy atom. The van der Waals surface area contributed by atoms with Gasteiger partial charge in [-0.1, -0.05) is 30.1 Å². The third-order valence-electron chi connectivity index (χ3n) is 2.56. The van der Waals surface area contributed by atoms with Crippen LogP contribution in [-0.4, -0.2) is 31.4 Å². The predicted octanol–water partition coefficient (Wildman–Crippen LogP) is 3.63. The third kappa shape index (κ3) is 5.48. The molecule has 0 N–H and O–H groups in total. The van der Waals surface area contributed by atoms with E-state index in [9.17, 15) is 8.42 Å². The van der Waals surface area contributed by atoms with Gasteiger partial charge in [0.05, 0.1) is 5.75 Å². The van der Waals surface area contributed by atoms with Gasteiger partial charge in [-0.2, -0.15) is 0 Å². The van der Waals surface area contributed by atoms with Gasteiger partial charge in [-0.25, -0.2) is 12.7 Å². The maximum atomic E-state index is 12.1. The number of halogens is 3. The van der Waals surface area contributed by atoms with Gasteiger partial charge in [0.2, 0.25) is 10.0 Å². The van der Waals surface area contributed by atoms with Crippen LogP contribution in [0.4, 0.5) is 0 Å². The monoisotopic (exact) mass is 343 g/mol. The molecule has 0 amide bonds. The minimum atomic E-state index is -3.33.